The molecule has 150 valence electrons. The first kappa shape index (κ1) is 20.0. The summed E-state index contributed by atoms with van der Waals surface area (Å²) in [5.74, 6) is -1.33. The number of methoxy groups -OCH3 is 2. The van der Waals surface area contributed by atoms with Gasteiger partial charge < -0.3 is 14.8 Å². The number of ether oxygens (including phenoxy) is 2. The smallest absolute Gasteiger partial charge is 0.271 e. The van der Waals surface area contributed by atoms with E-state index in [1.165, 1.54) is 50.6 Å². The van der Waals surface area contributed by atoms with E-state index in [2.05, 4.69) is 5.32 Å². The van der Waals surface area contributed by atoms with E-state index in [1.54, 1.807) is 0 Å². The molecular weight excluding hydrogens is 382 g/mol. The lowest BCUT2D eigenvalue weighted by molar-refractivity contribution is -0.384. The summed E-state index contributed by atoms with van der Waals surface area (Å²) < 4.78 is 10.0. The fourth-order valence-corrected chi connectivity index (χ4v) is 2.92. The zero-order valence-electron chi connectivity index (χ0n) is 15.6. The quantitative estimate of drug-likeness (QED) is 0.429. The lowest BCUT2D eigenvalue weighted by Gasteiger charge is -2.12. The average Bonchev–Trinajstić information content (AvgIpc) is 2.95. The SMILES string of the molecule is COCCN1C(=O)c2ccc(C(=O)Nc3cc([N+](=O)[O-])ccc3OC)cc2C1=O. The number of nitrogens with zero attached hydrogens (tertiary/aromatic N) is 2. The molecule has 0 saturated carbocycles. The van der Waals surface area contributed by atoms with Crippen molar-refractivity contribution in [1.82, 2.24) is 4.90 Å². The highest BCUT2D eigenvalue weighted by atomic mass is 16.6. The molecule has 0 saturated heterocycles. The zero-order chi connectivity index (χ0) is 21.1. The van der Waals surface area contributed by atoms with Gasteiger partial charge in [-0.2, -0.15) is 0 Å². The Labute approximate surface area is 165 Å². The Balaban J connectivity index is 1.87. The van der Waals surface area contributed by atoms with Crippen LogP contribution in [0.5, 0.6) is 5.75 Å². The number of amides is 3. The molecule has 1 heterocycles. The molecule has 0 unspecified atom stereocenters. The average molecular weight is 399 g/mol. The van der Waals surface area contributed by atoms with E-state index in [-0.39, 0.29) is 47.0 Å². The highest BCUT2D eigenvalue weighted by Crippen LogP contribution is 2.30. The molecule has 2 aromatic carbocycles. The van der Waals surface area contributed by atoms with E-state index in [9.17, 15) is 24.5 Å². The molecule has 1 aliphatic rings. The Bertz CT molecular complexity index is 1020. The van der Waals surface area contributed by atoms with Crippen LogP contribution in [0.4, 0.5) is 11.4 Å². The Hall–Kier alpha value is -3.79. The second kappa shape index (κ2) is 8.07. The molecule has 0 aromatic heterocycles. The van der Waals surface area contributed by atoms with Crippen molar-refractivity contribution in [2.75, 3.05) is 32.7 Å². The summed E-state index contributed by atoms with van der Waals surface area (Å²) in [6.45, 7) is 0.306. The van der Waals surface area contributed by atoms with Gasteiger partial charge in [0, 0.05) is 24.8 Å². The van der Waals surface area contributed by atoms with Gasteiger partial charge in [0.1, 0.15) is 5.75 Å². The van der Waals surface area contributed by atoms with Crippen LogP contribution in [-0.2, 0) is 4.74 Å². The number of nitrogens with one attached hydrogen (secondary N) is 1. The van der Waals surface area contributed by atoms with Crippen molar-refractivity contribution in [2.45, 2.75) is 0 Å². The van der Waals surface area contributed by atoms with E-state index < -0.39 is 22.6 Å². The Kier molecular flexibility index (Phi) is 5.55. The van der Waals surface area contributed by atoms with Gasteiger partial charge in [0.25, 0.3) is 23.4 Å². The van der Waals surface area contributed by atoms with Crippen LogP contribution in [0.1, 0.15) is 31.1 Å². The van der Waals surface area contributed by atoms with E-state index >= 15 is 0 Å². The van der Waals surface area contributed by atoms with Crippen molar-refractivity contribution in [1.29, 1.82) is 0 Å². The molecular formula is C19H17N3O7. The van der Waals surface area contributed by atoms with Crippen molar-refractivity contribution in [3.05, 3.63) is 63.2 Å². The van der Waals surface area contributed by atoms with Gasteiger partial charge in [0.05, 0.1) is 42.0 Å². The fraction of sp³-hybridized carbons (Fsp3) is 0.211. The first-order valence-corrected chi connectivity index (χ1v) is 8.50. The molecule has 1 aliphatic heterocycles. The van der Waals surface area contributed by atoms with Crippen LogP contribution in [-0.4, -0.2) is 54.9 Å². The molecule has 2 aromatic rings. The van der Waals surface area contributed by atoms with Crippen LogP contribution in [0.2, 0.25) is 0 Å². The van der Waals surface area contributed by atoms with Crippen LogP contribution in [0.25, 0.3) is 0 Å². The third kappa shape index (κ3) is 3.78. The summed E-state index contributed by atoms with van der Waals surface area (Å²) >= 11 is 0. The minimum absolute atomic E-state index is 0.106. The molecule has 10 nitrogen and oxygen atoms in total. The molecule has 3 rings (SSSR count). The summed E-state index contributed by atoms with van der Waals surface area (Å²) in [6.07, 6.45) is 0. The number of nitro benzene ring substituents is 1. The molecule has 0 aliphatic carbocycles. The molecule has 0 radical (unpaired) electrons. The normalized spacial score (nSPS) is 12.7. The van der Waals surface area contributed by atoms with Crippen LogP contribution < -0.4 is 10.1 Å². The number of benzene rings is 2. The summed E-state index contributed by atoms with van der Waals surface area (Å²) in [6, 6.07) is 7.92. The number of hydrogen-bond donors (Lipinski definition) is 1. The monoisotopic (exact) mass is 399 g/mol. The van der Waals surface area contributed by atoms with Crippen LogP contribution in [0.3, 0.4) is 0 Å². The summed E-state index contributed by atoms with van der Waals surface area (Å²) in [7, 11) is 2.83. The number of carbonyl (C=O) groups is 3. The van der Waals surface area contributed by atoms with Crippen molar-refractivity contribution in [3.8, 4) is 5.75 Å². The highest BCUT2D eigenvalue weighted by molar-refractivity contribution is 6.22. The van der Waals surface area contributed by atoms with Gasteiger partial charge in [-0.15, -0.1) is 0 Å². The Morgan fingerprint density at radius 2 is 1.83 bits per heavy atom. The number of fused-ring (bicyclic) bond motifs is 1. The first-order chi connectivity index (χ1) is 13.9. The maximum absolute atomic E-state index is 12.6. The highest BCUT2D eigenvalue weighted by Gasteiger charge is 2.35. The van der Waals surface area contributed by atoms with E-state index in [0.717, 1.165) is 4.90 Å². The van der Waals surface area contributed by atoms with Gasteiger partial charge in [-0.3, -0.25) is 29.4 Å². The lowest BCUT2D eigenvalue weighted by atomic mass is 10.1. The molecule has 0 bridgehead atoms. The van der Waals surface area contributed by atoms with Crippen LogP contribution >= 0.6 is 0 Å². The molecule has 0 atom stereocenters. The zero-order valence-corrected chi connectivity index (χ0v) is 15.6. The predicted molar refractivity (Wildman–Crippen MR) is 101 cm³/mol. The van der Waals surface area contributed by atoms with Gasteiger partial charge >= 0.3 is 0 Å². The third-order valence-corrected chi connectivity index (χ3v) is 4.39. The molecule has 3 amide bonds. The predicted octanol–water partition coefficient (Wildman–Crippen LogP) is 2.10. The van der Waals surface area contributed by atoms with Crippen LogP contribution in [0.15, 0.2) is 36.4 Å². The number of non-ortho nitro benzene ring substituents is 1. The number of imide groups is 1. The summed E-state index contributed by atoms with van der Waals surface area (Å²) in [5.41, 5.74) is 0.327. The maximum atomic E-state index is 12.6. The largest absolute Gasteiger partial charge is 0.495 e. The first-order valence-electron chi connectivity index (χ1n) is 8.50. The Morgan fingerprint density at radius 1 is 1.10 bits per heavy atom. The van der Waals surface area contributed by atoms with Gasteiger partial charge in [-0.05, 0) is 24.3 Å². The van der Waals surface area contributed by atoms with Crippen molar-refractivity contribution in [3.63, 3.8) is 0 Å². The fourth-order valence-electron chi connectivity index (χ4n) is 2.92. The van der Waals surface area contributed by atoms with Crippen molar-refractivity contribution < 1.29 is 28.8 Å². The van der Waals surface area contributed by atoms with Gasteiger partial charge in [0.15, 0.2) is 0 Å². The van der Waals surface area contributed by atoms with Gasteiger partial charge in [-0.1, -0.05) is 0 Å². The second-order valence-electron chi connectivity index (χ2n) is 6.11. The maximum Gasteiger partial charge on any atom is 0.271 e. The third-order valence-electron chi connectivity index (χ3n) is 4.39. The molecule has 29 heavy (non-hydrogen) atoms. The lowest BCUT2D eigenvalue weighted by Crippen LogP contribution is -2.32. The van der Waals surface area contributed by atoms with E-state index in [4.69, 9.17) is 9.47 Å². The molecule has 0 fully saturated rings. The molecule has 10 heteroatoms. The number of carbonyl (C=O) groups excluding carboxylic acids is 3. The number of rotatable bonds is 7. The summed E-state index contributed by atoms with van der Waals surface area (Å²) in [4.78, 5) is 48.9. The number of nitro groups is 1. The molecule has 0 spiro atoms. The van der Waals surface area contributed by atoms with Crippen molar-refractivity contribution in [2.24, 2.45) is 0 Å². The van der Waals surface area contributed by atoms with Gasteiger partial charge in [-0.25, -0.2) is 0 Å². The van der Waals surface area contributed by atoms with Gasteiger partial charge in [0.2, 0.25) is 0 Å². The topological polar surface area (TPSA) is 128 Å². The van der Waals surface area contributed by atoms with Crippen LogP contribution in [0, 0.1) is 10.1 Å². The number of hydrogen-bond acceptors (Lipinski definition) is 7. The minimum atomic E-state index is -0.609. The summed E-state index contributed by atoms with van der Waals surface area (Å²) in [5, 5.41) is 13.5. The Morgan fingerprint density at radius 3 is 2.48 bits per heavy atom. The second-order valence-corrected chi connectivity index (χ2v) is 6.11. The molecule has 1 N–H and O–H groups in total. The minimum Gasteiger partial charge on any atom is -0.495 e. The van der Waals surface area contributed by atoms with E-state index in [0.29, 0.717) is 0 Å². The van der Waals surface area contributed by atoms with E-state index in [1.807, 2.05) is 0 Å². The van der Waals surface area contributed by atoms with Crippen molar-refractivity contribution >= 4 is 29.1 Å². The number of anilines is 1. The standard InChI is InChI=1S/C19H17N3O7/c1-28-8-7-21-18(24)13-5-3-11(9-14(13)19(21)25)17(23)20-15-10-12(22(26)27)4-6-16(15)29-2/h3-6,9-10H,7-8H2,1-2H3,(H,20,23).